The van der Waals surface area contributed by atoms with E-state index in [-0.39, 0.29) is 11.9 Å². The van der Waals surface area contributed by atoms with E-state index in [1.54, 1.807) is 7.11 Å². The minimum atomic E-state index is -0.457. The average molecular weight is 248 g/mol. The monoisotopic (exact) mass is 248 g/mol. The Morgan fingerprint density at radius 2 is 2.19 bits per heavy atom. The fourth-order valence-electron chi connectivity index (χ4n) is 1.20. The average Bonchev–Trinajstić information content (AvgIpc) is 2.26. The molecule has 0 fully saturated rings. The summed E-state index contributed by atoms with van der Waals surface area (Å²) in [5.74, 6) is 2.12. The van der Waals surface area contributed by atoms with E-state index >= 15 is 0 Å². The zero-order chi connectivity index (χ0) is 12.4. The van der Waals surface area contributed by atoms with Crippen molar-refractivity contribution in [1.29, 1.82) is 0 Å². The first-order valence-electron chi connectivity index (χ1n) is 5.74. The number of amides is 1. The van der Waals surface area contributed by atoms with Gasteiger partial charge in [-0.15, -0.1) is 0 Å². The standard InChI is InChI=1S/C11H24N2O2S/c1-4-16-8-6-9(2)13-11(14)10(12)5-7-15-3/h9-10H,4-8,12H2,1-3H3,(H,13,14). The first-order chi connectivity index (χ1) is 7.61. The summed E-state index contributed by atoms with van der Waals surface area (Å²) in [6.45, 7) is 4.67. The van der Waals surface area contributed by atoms with Crippen LogP contribution in [0.2, 0.25) is 0 Å². The van der Waals surface area contributed by atoms with Crippen molar-refractivity contribution in [2.24, 2.45) is 5.73 Å². The summed E-state index contributed by atoms with van der Waals surface area (Å²) < 4.78 is 4.88. The highest BCUT2D eigenvalue weighted by atomic mass is 32.2. The van der Waals surface area contributed by atoms with Crippen molar-refractivity contribution in [2.75, 3.05) is 25.2 Å². The summed E-state index contributed by atoms with van der Waals surface area (Å²) in [5, 5.41) is 2.91. The lowest BCUT2D eigenvalue weighted by atomic mass is 10.2. The van der Waals surface area contributed by atoms with Crippen LogP contribution in [-0.4, -0.2) is 43.2 Å². The second kappa shape index (κ2) is 9.93. The number of carbonyl (C=O) groups is 1. The van der Waals surface area contributed by atoms with Gasteiger partial charge in [0, 0.05) is 19.8 Å². The molecule has 0 aliphatic rings. The molecule has 0 spiro atoms. The van der Waals surface area contributed by atoms with Gasteiger partial charge in [0.25, 0.3) is 0 Å². The van der Waals surface area contributed by atoms with E-state index in [0.717, 1.165) is 17.9 Å². The molecule has 1 amide bonds. The van der Waals surface area contributed by atoms with Gasteiger partial charge in [0.1, 0.15) is 0 Å². The molecule has 0 bridgehead atoms. The van der Waals surface area contributed by atoms with Gasteiger partial charge in [-0.3, -0.25) is 4.79 Å². The zero-order valence-corrected chi connectivity index (χ0v) is 11.3. The second-order valence-corrected chi connectivity index (χ2v) is 5.18. The molecule has 96 valence electrons. The Morgan fingerprint density at radius 1 is 1.50 bits per heavy atom. The minimum absolute atomic E-state index is 0.0777. The Kier molecular flexibility index (Phi) is 9.77. The van der Waals surface area contributed by atoms with Gasteiger partial charge in [-0.05, 0) is 31.3 Å². The third kappa shape index (κ3) is 7.96. The van der Waals surface area contributed by atoms with Crippen LogP contribution in [0.3, 0.4) is 0 Å². The van der Waals surface area contributed by atoms with Crippen molar-refractivity contribution in [3.05, 3.63) is 0 Å². The molecular formula is C11H24N2O2S. The Morgan fingerprint density at radius 3 is 2.75 bits per heavy atom. The predicted molar refractivity (Wildman–Crippen MR) is 69.7 cm³/mol. The van der Waals surface area contributed by atoms with Crippen LogP contribution in [0.5, 0.6) is 0 Å². The molecule has 0 aliphatic heterocycles. The summed E-state index contributed by atoms with van der Waals surface area (Å²) in [4.78, 5) is 11.6. The molecule has 0 aliphatic carbocycles. The van der Waals surface area contributed by atoms with Crippen LogP contribution in [0.1, 0.15) is 26.7 Å². The van der Waals surface area contributed by atoms with E-state index in [4.69, 9.17) is 10.5 Å². The highest BCUT2D eigenvalue weighted by Crippen LogP contribution is 2.04. The van der Waals surface area contributed by atoms with Crippen molar-refractivity contribution in [1.82, 2.24) is 5.32 Å². The zero-order valence-electron chi connectivity index (χ0n) is 10.5. The first-order valence-corrected chi connectivity index (χ1v) is 6.89. The maximum atomic E-state index is 11.6. The van der Waals surface area contributed by atoms with Crippen molar-refractivity contribution < 1.29 is 9.53 Å². The summed E-state index contributed by atoms with van der Waals surface area (Å²) in [6, 6.07) is -0.263. The van der Waals surface area contributed by atoms with E-state index in [1.165, 1.54) is 0 Å². The molecule has 16 heavy (non-hydrogen) atoms. The molecule has 0 aromatic heterocycles. The summed E-state index contributed by atoms with van der Waals surface area (Å²) in [6.07, 6.45) is 1.56. The van der Waals surface area contributed by atoms with E-state index in [9.17, 15) is 4.79 Å². The van der Waals surface area contributed by atoms with E-state index in [1.807, 2.05) is 18.7 Å². The van der Waals surface area contributed by atoms with Crippen LogP contribution >= 0.6 is 11.8 Å². The normalized spacial score (nSPS) is 14.5. The molecule has 0 radical (unpaired) electrons. The molecule has 2 atom stereocenters. The lowest BCUT2D eigenvalue weighted by Gasteiger charge is -2.17. The van der Waals surface area contributed by atoms with Gasteiger partial charge in [0.2, 0.25) is 5.91 Å². The van der Waals surface area contributed by atoms with Crippen molar-refractivity contribution in [2.45, 2.75) is 38.8 Å². The van der Waals surface area contributed by atoms with Crippen molar-refractivity contribution >= 4 is 17.7 Å². The lowest BCUT2D eigenvalue weighted by molar-refractivity contribution is -0.123. The maximum absolute atomic E-state index is 11.6. The molecule has 0 aromatic rings. The summed E-state index contributed by atoms with van der Waals surface area (Å²) >= 11 is 1.88. The SMILES string of the molecule is CCSCCC(C)NC(=O)C(N)CCOC. The van der Waals surface area contributed by atoms with Crippen LogP contribution < -0.4 is 11.1 Å². The third-order valence-corrected chi connectivity index (χ3v) is 3.19. The van der Waals surface area contributed by atoms with Crippen LogP contribution in [0, 0.1) is 0 Å². The van der Waals surface area contributed by atoms with Gasteiger partial charge in [0.05, 0.1) is 6.04 Å². The molecular weight excluding hydrogens is 224 g/mol. The number of ether oxygens (including phenoxy) is 1. The number of thioether (sulfide) groups is 1. The maximum Gasteiger partial charge on any atom is 0.237 e. The molecule has 0 aromatic carbocycles. The Bertz CT molecular complexity index is 191. The van der Waals surface area contributed by atoms with Crippen LogP contribution in [-0.2, 0) is 9.53 Å². The highest BCUT2D eigenvalue weighted by molar-refractivity contribution is 7.99. The molecule has 5 heteroatoms. The molecule has 0 rings (SSSR count). The molecule has 0 saturated carbocycles. The van der Waals surface area contributed by atoms with Gasteiger partial charge < -0.3 is 15.8 Å². The smallest absolute Gasteiger partial charge is 0.237 e. The van der Waals surface area contributed by atoms with Crippen LogP contribution in [0.15, 0.2) is 0 Å². The quantitative estimate of drug-likeness (QED) is 0.598. The fourth-order valence-corrected chi connectivity index (χ4v) is 2.01. The van der Waals surface area contributed by atoms with Gasteiger partial charge >= 0.3 is 0 Å². The van der Waals surface area contributed by atoms with Crippen LogP contribution in [0.25, 0.3) is 0 Å². The predicted octanol–water partition coefficient (Wildman–Crippen LogP) is 0.998. The van der Waals surface area contributed by atoms with Gasteiger partial charge in [-0.2, -0.15) is 11.8 Å². The largest absolute Gasteiger partial charge is 0.385 e. The topological polar surface area (TPSA) is 64.4 Å². The highest BCUT2D eigenvalue weighted by Gasteiger charge is 2.14. The molecule has 0 saturated heterocycles. The first kappa shape index (κ1) is 15.7. The lowest BCUT2D eigenvalue weighted by Crippen LogP contribution is -2.45. The number of carbonyl (C=O) groups excluding carboxylic acids is 1. The van der Waals surface area contributed by atoms with E-state index in [0.29, 0.717) is 13.0 Å². The number of nitrogens with one attached hydrogen (secondary N) is 1. The van der Waals surface area contributed by atoms with Crippen molar-refractivity contribution in [3.63, 3.8) is 0 Å². The summed E-state index contributed by atoms with van der Waals surface area (Å²) in [7, 11) is 1.61. The van der Waals surface area contributed by atoms with Crippen molar-refractivity contribution in [3.8, 4) is 0 Å². The van der Waals surface area contributed by atoms with Gasteiger partial charge in [-0.25, -0.2) is 0 Å². The fraction of sp³-hybridized carbons (Fsp3) is 0.909. The third-order valence-electron chi connectivity index (χ3n) is 2.26. The number of methoxy groups -OCH3 is 1. The molecule has 4 nitrogen and oxygen atoms in total. The van der Waals surface area contributed by atoms with Gasteiger partial charge in [-0.1, -0.05) is 6.92 Å². The van der Waals surface area contributed by atoms with E-state index in [2.05, 4.69) is 12.2 Å². The van der Waals surface area contributed by atoms with E-state index < -0.39 is 6.04 Å². The Hall–Kier alpha value is -0.260. The second-order valence-electron chi connectivity index (χ2n) is 3.78. The molecule has 2 unspecified atom stereocenters. The Balaban J connectivity index is 3.67. The number of nitrogens with two attached hydrogens (primary N) is 1. The molecule has 3 N–H and O–H groups in total. The molecule has 0 heterocycles. The number of hydrogen-bond acceptors (Lipinski definition) is 4. The summed E-state index contributed by atoms with van der Waals surface area (Å²) in [5.41, 5.74) is 5.71. The van der Waals surface area contributed by atoms with Crippen LogP contribution in [0.4, 0.5) is 0 Å². The minimum Gasteiger partial charge on any atom is -0.385 e. The van der Waals surface area contributed by atoms with Gasteiger partial charge in [0.15, 0.2) is 0 Å². The number of rotatable bonds is 9. The Labute approximate surface area is 103 Å². The number of hydrogen-bond donors (Lipinski definition) is 2.